The summed E-state index contributed by atoms with van der Waals surface area (Å²) in [6.07, 6.45) is -2.69. The quantitative estimate of drug-likeness (QED) is 0.716. The van der Waals surface area contributed by atoms with Crippen LogP contribution in [0.3, 0.4) is 0 Å². The molecule has 0 saturated carbocycles. The Kier molecular flexibility index (Phi) is 4.23. The molecule has 1 aliphatic heterocycles. The minimum absolute atomic E-state index is 0.0697. The van der Waals surface area contributed by atoms with Gasteiger partial charge in [0, 0.05) is 12.6 Å². The van der Waals surface area contributed by atoms with Gasteiger partial charge in [-0.2, -0.15) is 27.8 Å². The summed E-state index contributed by atoms with van der Waals surface area (Å²) in [6, 6.07) is 10.7. The third kappa shape index (κ3) is 3.22. The van der Waals surface area contributed by atoms with Crippen LogP contribution in [0.5, 0.6) is 0 Å². The van der Waals surface area contributed by atoms with Crippen molar-refractivity contribution in [1.29, 1.82) is 0 Å². The van der Waals surface area contributed by atoms with Crippen LogP contribution in [0.2, 0.25) is 0 Å². The highest BCUT2D eigenvalue weighted by atomic mass is 19.4. The van der Waals surface area contributed by atoms with Crippen LogP contribution in [0.4, 0.5) is 19.0 Å². The molecule has 3 aromatic rings. The summed E-state index contributed by atoms with van der Waals surface area (Å²) in [5.41, 5.74) is 0.117. The molecule has 0 N–H and O–H groups in total. The van der Waals surface area contributed by atoms with Gasteiger partial charge < -0.3 is 9.64 Å². The molecule has 1 saturated heterocycles. The van der Waals surface area contributed by atoms with Crippen molar-refractivity contribution in [2.45, 2.75) is 18.6 Å². The highest BCUT2D eigenvalue weighted by molar-refractivity contribution is 5.49. The molecule has 0 spiro atoms. The van der Waals surface area contributed by atoms with Crippen LogP contribution in [-0.2, 0) is 17.3 Å². The molecule has 9 heteroatoms. The van der Waals surface area contributed by atoms with Gasteiger partial charge in [0.25, 0.3) is 5.78 Å². The molecule has 1 atom stereocenters. The first-order valence-electron chi connectivity index (χ1n) is 8.18. The highest BCUT2D eigenvalue weighted by Crippen LogP contribution is 2.31. The van der Waals surface area contributed by atoms with Gasteiger partial charge in [0.05, 0.1) is 19.3 Å². The monoisotopic (exact) mass is 363 g/mol. The van der Waals surface area contributed by atoms with E-state index in [0.29, 0.717) is 32.0 Å². The molecule has 4 rings (SSSR count). The lowest BCUT2D eigenvalue weighted by atomic mass is 10.0. The minimum Gasteiger partial charge on any atom is -0.377 e. The molecule has 2 aromatic heterocycles. The Hall–Kier alpha value is -2.68. The first-order valence-corrected chi connectivity index (χ1v) is 8.18. The van der Waals surface area contributed by atoms with Gasteiger partial charge in [-0.05, 0) is 12.0 Å². The van der Waals surface area contributed by atoms with E-state index in [2.05, 4.69) is 15.1 Å². The third-order valence-corrected chi connectivity index (χ3v) is 4.36. The van der Waals surface area contributed by atoms with Crippen molar-refractivity contribution in [3.05, 3.63) is 54.0 Å². The second-order valence-corrected chi connectivity index (χ2v) is 6.08. The predicted molar refractivity (Wildman–Crippen MR) is 87.9 cm³/mol. The summed E-state index contributed by atoms with van der Waals surface area (Å²) in [4.78, 5) is 9.32. The van der Waals surface area contributed by atoms with Crippen molar-refractivity contribution < 1.29 is 17.9 Å². The van der Waals surface area contributed by atoms with Gasteiger partial charge in [-0.1, -0.05) is 30.3 Å². The van der Waals surface area contributed by atoms with Crippen molar-refractivity contribution in [2.24, 2.45) is 0 Å². The van der Waals surface area contributed by atoms with Gasteiger partial charge in [0.1, 0.15) is 12.1 Å². The molecular weight excluding hydrogens is 347 g/mol. The number of hydrogen-bond acceptors (Lipinski definition) is 5. The summed E-state index contributed by atoms with van der Waals surface area (Å²) < 4.78 is 46.7. The van der Waals surface area contributed by atoms with E-state index < -0.39 is 11.9 Å². The maximum absolute atomic E-state index is 13.3. The fourth-order valence-electron chi connectivity index (χ4n) is 3.16. The van der Waals surface area contributed by atoms with Crippen molar-refractivity contribution >= 4 is 11.6 Å². The molecule has 1 fully saturated rings. The Bertz CT molecular complexity index is 896. The molecule has 0 bridgehead atoms. The van der Waals surface area contributed by atoms with E-state index in [1.807, 2.05) is 35.2 Å². The molecule has 26 heavy (non-hydrogen) atoms. The normalized spacial score (nSPS) is 18.4. The van der Waals surface area contributed by atoms with Crippen molar-refractivity contribution in [3.8, 4) is 0 Å². The minimum atomic E-state index is -4.55. The number of nitrogens with zero attached hydrogens (tertiary/aromatic N) is 5. The van der Waals surface area contributed by atoms with Gasteiger partial charge in [0.2, 0.25) is 0 Å². The maximum Gasteiger partial charge on any atom is 0.433 e. The zero-order valence-corrected chi connectivity index (χ0v) is 13.7. The number of rotatable bonds is 3. The first-order chi connectivity index (χ1) is 12.5. The number of fused-ring (bicyclic) bond motifs is 1. The van der Waals surface area contributed by atoms with Crippen LogP contribution >= 0.6 is 0 Å². The Balaban J connectivity index is 1.75. The molecule has 6 nitrogen and oxygen atoms in total. The molecule has 0 amide bonds. The van der Waals surface area contributed by atoms with E-state index in [0.717, 1.165) is 11.6 Å². The third-order valence-electron chi connectivity index (χ3n) is 4.36. The van der Waals surface area contributed by atoms with Crippen LogP contribution in [0.1, 0.15) is 11.3 Å². The Morgan fingerprint density at radius 1 is 1.19 bits per heavy atom. The van der Waals surface area contributed by atoms with Gasteiger partial charge in [-0.15, -0.1) is 0 Å². The van der Waals surface area contributed by atoms with Gasteiger partial charge in [0.15, 0.2) is 5.69 Å². The first kappa shape index (κ1) is 16.8. The summed E-state index contributed by atoms with van der Waals surface area (Å²) in [7, 11) is 0. The molecule has 3 heterocycles. The lowest BCUT2D eigenvalue weighted by molar-refractivity contribution is -0.141. The van der Waals surface area contributed by atoms with Crippen LogP contribution in [0, 0.1) is 0 Å². The smallest absolute Gasteiger partial charge is 0.377 e. The number of halogens is 3. The number of benzene rings is 1. The highest BCUT2D eigenvalue weighted by Gasteiger charge is 2.35. The molecular formula is C17H16F3N5O. The number of hydrogen-bond donors (Lipinski definition) is 0. The molecule has 1 aliphatic rings. The van der Waals surface area contributed by atoms with Crippen molar-refractivity contribution in [3.63, 3.8) is 0 Å². The van der Waals surface area contributed by atoms with E-state index >= 15 is 0 Å². The predicted octanol–water partition coefficient (Wildman–Crippen LogP) is 2.59. The fourth-order valence-corrected chi connectivity index (χ4v) is 3.16. The fraction of sp³-hybridized carbons (Fsp3) is 0.353. The van der Waals surface area contributed by atoms with E-state index in [1.165, 1.54) is 10.8 Å². The Morgan fingerprint density at radius 3 is 2.77 bits per heavy atom. The largest absolute Gasteiger partial charge is 0.433 e. The second kappa shape index (κ2) is 6.56. The van der Waals surface area contributed by atoms with Crippen molar-refractivity contribution in [1.82, 2.24) is 19.6 Å². The van der Waals surface area contributed by atoms with Gasteiger partial charge >= 0.3 is 6.18 Å². The van der Waals surface area contributed by atoms with E-state index in [9.17, 15) is 13.2 Å². The van der Waals surface area contributed by atoms with E-state index in [-0.39, 0.29) is 11.8 Å². The topological polar surface area (TPSA) is 55.6 Å². The standard InChI is InChI=1S/C17H16F3N5O/c18-17(19,20)14-9-15(25-16(23-14)21-11-22-25)24-6-7-26-10-13(24)8-12-4-2-1-3-5-12/h1-5,9,11,13H,6-8,10H2/t13-/m1/s1. The Labute approximate surface area is 147 Å². The molecule has 1 aromatic carbocycles. The van der Waals surface area contributed by atoms with Crippen molar-refractivity contribution in [2.75, 3.05) is 24.7 Å². The second-order valence-electron chi connectivity index (χ2n) is 6.08. The molecule has 136 valence electrons. The Morgan fingerprint density at radius 2 is 2.00 bits per heavy atom. The number of ether oxygens (including phenoxy) is 1. The average molecular weight is 363 g/mol. The zero-order chi connectivity index (χ0) is 18.1. The van der Waals surface area contributed by atoms with E-state index in [4.69, 9.17) is 4.74 Å². The SMILES string of the molecule is FC(F)(F)c1cc(N2CCOC[C@H]2Cc2ccccc2)n2ncnc2n1. The average Bonchev–Trinajstić information content (AvgIpc) is 3.10. The summed E-state index contributed by atoms with van der Waals surface area (Å²) in [5.74, 6) is 0.254. The number of aromatic nitrogens is 4. The molecule has 0 unspecified atom stereocenters. The van der Waals surface area contributed by atoms with Gasteiger partial charge in [-0.25, -0.2) is 4.98 Å². The number of anilines is 1. The molecule has 0 radical (unpaired) electrons. The summed E-state index contributed by atoms with van der Waals surface area (Å²) in [5, 5.41) is 4.05. The number of alkyl halides is 3. The lowest BCUT2D eigenvalue weighted by Gasteiger charge is -2.37. The summed E-state index contributed by atoms with van der Waals surface area (Å²) >= 11 is 0. The maximum atomic E-state index is 13.3. The van der Waals surface area contributed by atoms with Crippen LogP contribution < -0.4 is 4.90 Å². The van der Waals surface area contributed by atoms with Crippen LogP contribution in [-0.4, -0.2) is 45.4 Å². The van der Waals surface area contributed by atoms with E-state index in [1.54, 1.807) is 0 Å². The van der Waals surface area contributed by atoms with Gasteiger partial charge in [-0.3, -0.25) is 0 Å². The van der Waals surface area contributed by atoms with Crippen LogP contribution in [0.15, 0.2) is 42.7 Å². The molecule has 0 aliphatic carbocycles. The summed E-state index contributed by atoms with van der Waals surface area (Å²) in [6.45, 7) is 1.33. The number of morpholine rings is 1. The van der Waals surface area contributed by atoms with Crippen LogP contribution in [0.25, 0.3) is 5.78 Å². The lowest BCUT2D eigenvalue weighted by Crippen LogP contribution is -2.47. The zero-order valence-electron chi connectivity index (χ0n) is 13.7.